The minimum absolute atomic E-state index is 0.164. The average molecular weight is 290 g/mol. The van der Waals surface area contributed by atoms with E-state index in [1.54, 1.807) is 0 Å². The molecule has 0 saturated carbocycles. The summed E-state index contributed by atoms with van der Waals surface area (Å²) in [6.07, 6.45) is 0.0884. The highest BCUT2D eigenvalue weighted by molar-refractivity contribution is 7.13. The van der Waals surface area contributed by atoms with Crippen molar-refractivity contribution in [2.24, 2.45) is 0 Å². The monoisotopic (exact) mass is 290 g/mol. The highest BCUT2D eigenvalue weighted by Crippen LogP contribution is 2.18. The number of anilines is 1. The second-order valence-electron chi connectivity index (χ2n) is 4.61. The van der Waals surface area contributed by atoms with Crippen molar-refractivity contribution in [3.63, 3.8) is 0 Å². The molecule has 0 aliphatic carbocycles. The summed E-state index contributed by atoms with van der Waals surface area (Å²) in [4.78, 5) is 16.4. The van der Waals surface area contributed by atoms with Gasteiger partial charge in [0.2, 0.25) is 0 Å². The number of benzene rings is 1. The number of ether oxygens (including phenoxy) is 1. The minimum atomic E-state index is -0.513. The molecule has 106 valence electrons. The zero-order valence-electron chi connectivity index (χ0n) is 11.8. The summed E-state index contributed by atoms with van der Waals surface area (Å²) >= 11 is 1.42. The Kier molecular flexibility index (Phi) is 4.74. The smallest absolute Gasteiger partial charge is 0.267 e. The average Bonchev–Trinajstić information content (AvgIpc) is 2.81. The molecule has 2 aromatic rings. The quantitative estimate of drug-likeness (QED) is 0.916. The Morgan fingerprint density at radius 2 is 2.25 bits per heavy atom. The number of aryl methyl sites for hydroxylation is 2. The van der Waals surface area contributed by atoms with Crippen molar-refractivity contribution < 1.29 is 9.53 Å². The predicted molar refractivity (Wildman–Crippen MR) is 81.4 cm³/mol. The first kappa shape index (κ1) is 14.5. The van der Waals surface area contributed by atoms with Gasteiger partial charge in [0.05, 0.1) is 5.69 Å². The Bertz CT molecular complexity index is 595. The Morgan fingerprint density at radius 3 is 2.85 bits per heavy atom. The van der Waals surface area contributed by atoms with E-state index in [2.05, 4.69) is 10.3 Å². The lowest BCUT2D eigenvalue weighted by molar-refractivity contribution is -0.122. The van der Waals surface area contributed by atoms with E-state index in [-0.39, 0.29) is 5.91 Å². The van der Waals surface area contributed by atoms with Crippen molar-refractivity contribution in [1.82, 2.24) is 4.98 Å². The van der Waals surface area contributed by atoms with Crippen molar-refractivity contribution in [3.8, 4) is 5.75 Å². The van der Waals surface area contributed by atoms with Gasteiger partial charge in [-0.1, -0.05) is 19.1 Å². The van der Waals surface area contributed by atoms with E-state index in [0.29, 0.717) is 17.3 Å². The second kappa shape index (κ2) is 6.52. The summed E-state index contributed by atoms with van der Waals surface area (Å²) < 4.78 is 5.75. The molecule has 20 heavy (non-hydrogen) atoms. The molecule has 0 fully saturated rings. The molecule has 1 amide bonds. The number of amides is 1. The van der Waals surface area contributed by atoms with E-state index in [4.69, 9.17) is 4.74 Å². The molecule has 1 heterocycles. The third-order valence-electron chi connectivity index (χ3n) is 2.78. The molecule has 0 spiro atoms. The highest BCUT2D eigenvalue weighted by Gasteiger charge is 2.19. The van der Waals surface area contributed by atoms with Crippen LogP contribution in [0.3, 0.4) is 0 Å². The van der Waals surface area contributed by atoms with Gasteiger partial charge in [-0.15, -0.1) is 11.3 Å². The SMILES string of the molecule is CC[C@H](Oc1cccc(C)c1)C(=O)Nc1nc(C)cs1. The molecule has 0 radical (unpaired) electrons. The summed E-state index contributed by atoms with van der Waals surface area (Å²) in [6, 6.07) is 7.69. The van der Waals surface area contributed by atoms with Crippen LogP contribution in [0, 0.1) is 13.8 Å². The lowest BCUT2D eigenvalue weighted by Gasteiger charge is -2.16. The summed E-state index contributed by atoms with van der Waals surface area (Å²) in [7, 11) is 0. The topological polar surface area (TPSA) is 51.2 Å². The van der Waals surface area contributed by atoms with Crippen molar-refractivity contribution in [2.45, 2.75) is 33.3 Å². The molecule has 0 aliphatic heterocycles. The van der Waals surface area contributed by atoms with Crippen molar-refractivity contribution in [1.29, 1.82) is 0 Å². The van der Waals surface area contributed by atoms with Crippen LogP contribution >= 0.6 is 11.3 Å². The molecular weight excluding hydrogens is 272 g/mol. The molecule has 5 heteroatoms. The fraction of sp³-hybridized carbons (Fsp3) is 0.333. The largest absolute Gasteiger partial charge is 0.481 e. The van der Waals surface area contributed by atoms with E-state index < -0.39 is 6.10 Å². The van der Waals surface area contributed by atoms with Crippen LogP contribution in [0.4, 0.5) is 5.13 Å². The number of nitrogens with zero attached hydrogens (tertiary/aromatic N) is 1. The van der Waals surface area contributed by atoms with E-state index >= 15 is 0 Å². The number of carbonyl (C=O) groups is 1. The lowest BCUT2D eigenvalue weighted by atomic mass is 10.2. The van der Waals surface area contributed by atoms with Gasteiger partial charge in [0.1, 0.15) is 5.75 Å². The number of aromatic nitrogens is 1. The molecule has 1 aromatic carbocycles. The summed E-state index contributed by atoms with van der Waals surface area (Å²) in [5, 5.41) is 5.30. The standard InChI is InChI=1S/C15H18N2O2S/c1-4-13(19-12-7-5-6-10(2)8-12)14(18)17-15-16-11(3)9-20-15/h5-9,13H,4H2,1-3H3,(H,16,17,18)/t13-/m0/s1. The summed E-state index contributed by atoms with van der Waals surface area (Å²) in [6.45, 7) is 5.81. The fourth-order valence-electron chi connectivity index (χ4n) is 1.77. The van der Waals surface area contributed by atoms with Crippen LogP contribution in [0.5, 0.6) is 5.75 Å². The maximum atomic E-state index is 12.2. The van der Waals surface area contributed by atoms with Gasteiger partial charge >= 0.3 is 0 Å². The summed E-state index contributed by atoms with van der Waals surface area (Å²) in [5.74, 6) is 0.547. The Labute approximate surface area is 122 Å². The van der Waals surface area contributed by atoms with Crippen LogP contribution in [0.15, 0.2) is 29.6 Å². The second-order valence-corrected chi connectivity index (χ2v) is 5.47. The first-order valence-electron chi connectivity index (χ1n) is 6.55. The molecule has 0 bridgehead atoms. The molecular formula is C15H18N2O2S. The number of carbonyl (C=O) groups excluding carboxylic acids is 1. The van der Waals surface area contributed by atoms with Crippen LogP contribution in [0.2, 0.25) is 0 Å². The van der Waals surface area contributed by atoms with Gasteiger partial charge in [-0.2, -0.15) is 0 Å². The van der Waals surface area contributed by atoms with E-state index in [1.165, 1.54) is 11.3 Å². The Morgan fingerprint density at radius 1 is 1.45 bits per heavy atom. The normalized spacial score (nSPS) is 11.9. The summed E-state index contributed by atoms with van der Waals surface area (Å²) in [5.41, 5.74) is 2.01. The van der Waals surface area contributed by atoms with Gasteiger partial charge in [-0.3, -0.25) is 10.1 Å². The number of hydrogen-bond donors (Lipinski definition) is 1. The highest BCUT2D eigenvalue weighted by atomic mass is 32.1. The van der Waals surface area contributed by atoms with Gasteiger partial charge in [0, 0.05) is 5.38 Å². The number of rotatable bonds is 5. The van der Waals surface area contributed by atoms with Crippen LogP contribution in [-0.2, 0) is 4.79 Å². The first-order chi connectivity index (χ1) is 9.58. The molecule has 1 aromatic heterocycles. The zero-order valence-corrected chi connectivity index (χ0v) is 12.7. The first-order valence-corrected chi connectivity index (χ1v) is 7.42. The van der Waals surface area contributed by atoms with Crippen molar-refractivity contribution in [3.05, 3.63) is 40.9 Å². The van der Waals surface area contributed by atoms with Gasteiger partial charge in [0.15, 0.2) is 11.2 Å². The third-order valence-corrected chi connectivity index (χ3v) is 3.66. The van der Waals surface area contributed by atoms with E-state index in [9.17, 15) is 4.79 Å². The zero-order chi connectivity index (χ0) is 14.5. The molecule has 0 saturated heterocycles. The molecule has 4 nitrogen and oxygen atoms in total. The van der Waals surface area contributed by atoms with Crippen LogP contribution in [0.25, 0.3) is 0 Å². The fourth-order valence-corrected chi connectivity index (χ4v) is 2.46. The molecule has 1 atom stereocenters. The van der Waals surface area contributed by atoms with Gasteiger partial charge in [0.25, 0.3) is 5.91 Å². The Hall–Kier alpha value is -1.88. The molecule has 2 rings (SSSR count). The maximum absolute atomic E-state index is 12.2. The van der Waals surface area contributed by atoms with Crippen LogP contribution in [0.1, 0.15) is 24.6 Å². The number of hydrogen-bond acceptors (Lipinski definition) is 4. The predicted octanol–water partition coefficient (Wildman–Crippen LogP) is 3.56. The van der Waals surface area contributed by atoms with Crippen LogP contribution < -0.4 is 10.1 Å². The third kappa shape index (κ3) is 3.81. The van der Waals surface area contributed by atoms with E-state index in [0.717, 1.165) is 11.3 Å². The number of thiazole rings is 1. The van der Waals surface area contributed by atoms with Crippen LogP contribution in [-0.4, -0.2) is 17.0 Å². The molecule has 1 N–H and O–H groups in total. The van der Waals surface area contributed by atoms with Gasteiger partial charge in [-0.25, -0.2) is 4.98 Å². The van der Waals surface area contributed by atoms with Gasteiger partial charge in [-0.05, 0) is 38.0 Å². The minimum Gasteiger partial charge on any atom is -0.481 e. The van der Waals surface area contributed by atoms with Crippen molar-refractivity contribution >= 4 is 22.4 Å². The van der Waals surface area contributed by atoms with Gasteiger partial charge < -0.3 is 4.74 Å². The maximum Gasteiger partial charge on any atom is 0.267 e. The molecule has 0 unspecified atom stereocenters. The number of nitrogens with one attached hydrogen (secondary N) is 1. The van der Waals surface area contributed by atoms with Crippen molar-refractivity contribution in [2.75, 3.05) is 5.32 Å². The van der Waals surface area contributed by atoms with E-state index in [1.807, 2.05) is 50.4 Å². The lowest BCUT2D eigenvalue weighted by Crippen LogP contribution is -2.32. The molecule has 0 aliphatic rings. The Balaban J connectivity index is 2.02.